The summed E-state index contributed by atoms with van der Waals surface area (Å²) in [7, 11) is 0. The highest BCUT2D eigenvalue weighted by Crippen LogP contribution is 2.29. The van der Waals surface area contributed by atoms with Crippen molar-refractivity contribution in [3.8, 4) is 0 Å². The number of benzene rings is 1. The van der Waals surface area contributed by atoms with Crippen LogP contribution in [0.25, 0.3) is 0 Å². The Labute approximate surface area is 109 Å². The zero-order chi connectivity index (χ0) is 13.0. The predicted molar refractivity (Wildman–Crippen MR) is 74.4 cm³/mol. The van der Waals surface area contributed by atoms with Gasteiger partial charge in [-0.3, -0.25) is 0 Å². The SMILES string of the molecule is CCN(c1cc(F)cc(CCN)c1)C1CCCC1. The van der Waals surface area contributed by atoms with Crippen LogP contribution in [-0.2, 0) is 6.42 Å². The molecule has 1 aliphatic carbocycles. The summed E-state index contributed by atoms with van der Waals surface area (Å²) >= 11 is 0. The minimum absolute atomic E-state index is 0.146. The van der Waals surface area contributed by atoms with E-state index in [2.05, 4.69) is 17.9 Å². The van der Waals surface area contributed by atoms with E-state index in [0.717, 1.165) is 24.2 Å². The summed E-state index contributed by atoms with van der Waals surface area (Å²) in [4.78, 5) is 2.34. The molecule has 0 atom stereocenters. The van der Waals surface area contributed by atoms with Gasteiger partial charge in [-0.15, -0.1) is 0 Å². The van der Waals surface area contributed by atoms with Crippen LogP contribution in [-0.4, -0.2) is 19.1 Å². The summed E-state index contributed by atoms with van der Waals surface area (Å²) in [5, 5.41) is 0. The van der Waals surface area contributed by atoms with E-state index in [4.69, 9.17) is 5.73 Å². The first-order valence-corrected chi connectivity index (χ1v) is 7.00. The first-order chi connectivity index (χ1) is 8.74. The van der Waals surface area contributed by atoms with Crippen LogP contribution in [0, 0.1) is 5.82 Å². The summed E-state index contributed by atoms with van der Waals surface area (Å²) in [6.07, 6.45) is 5.80. The Bertz CT molecular complexity index is 386. The van der Waals surface area contributed by atoms with Gasteiger partial charge in [0, 0.05) is 18.3 Å². The quantitative estimate of drug-likeness (QED) is 0.870. The number of halogens is 1. The van der Waals surface area contributed by atoms with Crippen molar-refractivity contribution in [3.63, 3.8) is 0 Å². The Morgan fingerprint density at radius 1 is 1.28 bits per heavy atom. The van der Waals surface area contributed by atoms with Crippen LogP contribution < -0.4 is 10.6 Å². The fourth-order valence-electron chi connectivity index (χ4n) is 2.98. The molecule has 1 aromatic rings. The molecule has 0 saturated heterocycles. The third-order valence-corrected chi connectivity index (χ3v) is 3.81. The van der Waals surface area contributed by atoms with Crippen LogP contribution in [0.15, 0.2) is 18.2 Å². The first kappa shape index (κ1) is 13.3. The highest BCUT2D eigenvalue weighted by Gasteiger charge is 2.22. The van der Waals surface area contributed by atoms with Crippen LogP contribution in [0.5, 0.6) is 0 Å². The molecule has 0 aliphatic heterocycles. The lowest BCUT2D eigenvalue weighted by molar-refractivity contribution is 0.604. The molecule has 0 radical (unpaired) electrons. The highest BCUT2D eigenvalue weighted by atomic mass is 19.1. The number of nitrogens with two attached hydrogens (primary N) is 1. The van der Waals surface area contributed by atoms with Crippen molar-refractivity contribution < 1.29 is 4.39 Å². The van der Waals surface area contributed by atoms with Gasteiger partial charge in [-0.1, -0.05) is 12.8 Å². The smallest absolute Gasteiger partial charge is 0.125 e. The predicted octanol–water partition coefficient (Wildman–Crippen LogP) is 3.10. The molecule has 3 heteroatoms. The topological polar surface area (TPSA) is 29.3 Å². The van der Waals surface area contributed by atoms with Crippen LogP contribution >= 0.6 is 0 Å². The first-order valence-electron chi connectivity index (χ1n) is 7.00. The van der Waals surface area contributed by atoms with Gasteiger partial charge in [0.2, 0.25) is 0 Å². The Kier molecular flexibility index (Phi) is 4.59. The van der Waals surface area contributed by atoms with Gasteiger partial charge in [-0.2, -0.15) is 0 Å². The third kappa shape index (κ3) is 3.02. The molecule has 0 unspecified atom stereocenters. The molecule has 0 heterocycles. The molecule has 0 amide bonds. The van der Waals surface area contributed by atoms with E-state index in [1.165, 1.54) is 25.7 Å². The van der Waals surface area contributed by atoms with Gasteiger partial charge in [0.15, 0.2) is 0 Å². The molecule has 1 fully saturated rings. The number of hydrogen-bond donors (Lipinski definition) is 1. The van der Waals surface area contributed by atoms with Crippen molar-refractivity contribution in [2.45, 2.75) is 45.1 Å². The number of nitrogens with zero attached hydrogens (tertiary/aromatic N) is 1. The van der Waals surface area contributed by atoms with Gasteiger partial charge in [-0.05, 0) is 56.5 Å². The number of hydrogen-bond acceptors (Lipinski definition) is 2. The Morgan fingerprint density at radius 3 is 2.61 bits per heavy atom. The van der Waals surface area contributed by atoms with Crippen LogP contribution in [0.1, 0.15) is 38.2 Å². The molecule has 100 valence electrons. The highest BCUT2D eigenvalue weighted by molar-refractivity contribution is 5.50. The Hall–Kier alpha value is -1.09. The lowest BCUT2D eigenvalue weighted by atomic mass is 10.1. The second-order valence-corrected chi connectivity index (χ2v) is 5.08. The fourth-order valence-corrected chi connectivity index (χ4v) is 2.98. The van der Waals surface area contributed by atoms with E-state index in [1.807, 2.05) is 0 Å². The average Bonchev–Trinajstić information content (AvgIpc) is 2.83. The second kappa shape index (κ2) is 6.19. The minimum atomic E-state index is -0.146. The maximum atomic E-state index is 13.7. The maximum Gasteiger partial charge on any atom is 0.125 e. The van der Waals surface area contributed by atoms with Crippen molar-refractivity contribution in [3.05, 3.63) is 29.6 Å². The van der Waals surface area contributed by atoms with Crippen LogP contribution in [0.3, 0.4) is 0 Å². The minimum Gasteiger partial charge on any atom is -0.369 e. The van der Waals surface area contributed by atoms with Crippen LogP contribution in [0.4, 0.5) is 10.1 Å². The van der Waals surface area contributed by atoms with E-state index < -0.39 is 0 Å². The monoisotopic (exact) mass is 250 g/mol. The molecule has 1 aromatic carbocycles. The molecule has 2 nitrogen and oxygen atoms in total. The van der Waals surface area contributed by atoms with Crippen molar-refractivity contribution in [2.24, 2.45) is 5.73 Å². The Balaban J connectivity index is 2.23. The normalized spacial score (nSPS) is 16.2. The molecule has 1 aliphatic rings. The number of anilines is 1. The van der Waals surface area contributed by atoms with E-state index >= 15 is 0 Å². The van der Waals surface area contributed by atoms with E-state index in [0.29, 0.717) is 12.6 Å². The second-order valence-electron chi connectivity index (χ2n) is 5.08. The Morgan fingerprint density at radius 2 is 2.00 bits per heavy atom. The maximum absolute atomic E-state index is 13.7. The molecule has 1 saturated carbocycles. The summed E-state index contributed by atoms with van der Waals surface area (Å²) in [5.74, 6) is -0.146. The molecular formula is C15H23FN2. The lowest BCUT2D eigenvalue weighted by Crippen LogP contribution is -2.33. The molecular weight excluding hydrogens is 227 g/mol. The van der Waals surface area contributed by atoms with Crippen LogP contribution in [0.2, 0.25) is 0 Å². The van der Waals surface area contributed by atoms with E-state index in [-0.39, 0.29) is 5.82 Å². The van der Waals surface area contributed by atoms with Gasteiger partial charge in [0.1, 0.15) is 5.82 Å². The van der Waals surface area contributed by atoms with Crippen molar-refractivity contribution in [1.82, 2.24) is 0 Å². The van der Waals surface area contributed by atoms with Gasteiger partial charge >= 0.3 is 0 Å². The molecule has 0 bridgehead atoms. The largest absolute Gasteiger partial charge is 0.369 e. The molecule has 18 heavy (non-hydrogen) atoms. The molecule has 0 spiro atoms. The third-order valence-electron chi connectivity index (χ3n) is 3.81. The number of rotatable bonds is 5. The molecule has 2 N–H and O–H groups in total. The van der Waals surface area contributed by atoms with Gasteiger partial charge in [-0.25, -0.2) is 4.39 Å². The lowest BCUT2D eigenvalue weighted by Gasteiger charge is -2.30. The van der Waals surface area contributed by atoms with Gasteiger partial charge < -0.3 is 10.6 Å². The zero-order valence-electron chi connectivity index (χ0n) is 11.2. The van der Waals surface area contributed by atoms with Gasteiger partial charge in [0.05, 0.1) is 0 Å². The summed E-state index contributed by atoms with van der Waals surface area (Å²) in [6, 6.07) is 5.93. The fraction of sp³-hybridized carbons (Fsp3) is 0.600. The zero-order valence-corrected chi connectivity index (χ0v) is 11.2. The van der Waals surface area contributed by atoms with Crippen molar-refractivity contribution >= 4 is 5.69 Å². The summed E-state index contributed by atoms with van der Waals surface area (Å²) in [6.45, 7) is 3.65. The molecule has 2 rings (SSSR count). The van der Waals surface area contributed by atoms with E-state index in [1.54, 1.807) is 12.1 Å². The summed E-state index contributed by atoms with van der Waals surface area (Å²) in [5.41, 5.74) is 7.58. The van der Waals surface area contributed by atoms with Crippen molar-refractivity contribution in [2.75, 3.05) is 18.0 Å². The van der Waals surface area contributed by atoms with Gasteiger partial charge in [0.25, 0.3) is 0 Å². The average molecular weight is 250 g/mol. The summed E-state index contributed by atoms with van der Waals surface area (Å²) < 4.78 is 13.7. The standard InChI is InChI=1S/C15H23FN2/c1-2-18(14-5-3-4-6-14)15-10-12(7-8-17)9-13(16)11-15/h9-11,14H,2-8,17H2,1H3. The van der Waals surface area contributed by atoms with E-state index in [9.17, 15) is 4.39 Å². The van der Waals surface area contributed by atoms with Crippen molar-refractivity contribution in [1.29, 1.82) is 0 Å². The molecule has 0 aromatic heterocycles.